The van der Waals surface area contributed by atoms with Crippen molar-refractivity contribution >= 4 is 39.3 Å². The average Bonchev–Trinajstić information content (AvgIpc) is 3.26. The number of thiazole rings is 1. The Balaban J connectivity index is 1.53. The molecule has 4 aromatic rings. The molecule has 3 aromatic carbocycles. The summed E-state index contributed by atoms with van der Waals surface area (Å²) in [5.74, 6) is 0.205. The molecule has 9 heteroatoms. The minimum absolute atomic E-state index is 0.382. The molecule has 1 heterocycles. The number of alkyl halides is 3. The van der Waals surface area contributed by atoms with Gasteiger partial charge in [0.05, 0.1) is 15.8 Å². The summed E-state index contributed by atoms with van der Waals surface area (Å²) < 4.78 is 44.9. The fourth-order valence-electron chi connectivity index (χ4n) is 3.41. The summed E-state index contributed by atoms with van der Waals surface area (Å²) >= 11 is 3.08. The van der Waals surface area contributed by atoms with Gasteiger partial charge in [0.2, 0.25) is 0 Å². The highest BCUT2D eigenvalue weighted by Gasteiger charge is 2.30. The second-order valence-electron chi connectivity index (χ2n) is 7.45. The number of hydrogen-bond donors (Lipinski definition) is 1. The lowest BCUT2D eigenvalue weighted by molar-refractivity contribution is -0.139. The summed E-state index contributed by atoms with van der Waals surface area (Å²) in [5, 5.41) is 9.50. The summed E-state index contributed by atoms with van der Waals surface area (Å²) in [5.41, 5.74) is 2.77. The quantitative estimate of drug-likeness (QED) is 0.256. The molecule has 0 saturated carbocycles. The molecule has 0 bridgehead atoms. The predicted octanol–water partition coefficient (Wildman–Crippen LogP) is 7.30. The zero-order valence-electron chi connectivity index (χ0n) is 18.1. The van der Waals surface area contributed by atoms with Crippen LogP contribution in [0.3, 0.4) is 0 Å². The predicted molar refractivity (Wildman–Crippen MR) is 129 cm³/mol. The molecule has 0 aliphatic rings. The van der Waals surface area contributed by atoms with Crippen LogP contribution in [0.15, 0.2) is 65.6 Å². The van der Waals surface area contributed by atoms with Crippen LogP contribution >= 0.6 is 23.1 Å². The molecule has 1 aromatic heterocycles. The third-order valence-electron chi connectivity index (χ3n) is 5.12. The van der Waals surface area contributed by atoms with E-state index in [1.165, 1.54) is 23.5 Å². The Kier molecular flexibility index (Phi) is 7.13. The second-order valence-corrected chi connectivity index (χ2v) is 9.53. The fraction of sp³-hybridized carbons (Fsp3) is 0.200. The maximum Gasteiger partial charge on any atom is 0.416 e. The lowest BCUT2D eigenvalue weighted by Crippen LogP contribution is -2.10. The Hall–Kier alpha value is -3.04. The molecule has 0 fully saturated rings. The molecule has 0 unspecified atom stereocenters. The maximum absolute atomic E-state index is 12.9. The molecule has 176 valence electrons. The molecular weight excluding hydrogens is 483 g/mol. The van der Waals surface area contributed by atoms with E-state index in [-0.39, 0.29) is 6.61 Å². The van der Waals surface area contributed by atoms with E-state index in [1.807, 2.05) is 37.3 Å². The van der Waals surface area contributed by atoms with Crippen LogP contribution in [-0.2, 0) is 23.1 Å². The highest BCUT2D eigenvalue weighted by Crippen LogP contribution is 2.36. The summed E-state index contributed by atoms with van der Waals surface area (Å²) in [6, 6.07) is 16.6. The zero-order chi connectivity index (χ0) is 24.3. The molecule has 0 aliphatic carbocycles. The number of ether oxygens (including phenoxy) is 1. The molecule has 0 saturated heterocycles. The molecule has 0 spiro atoms. The minimum atomic E-state index is -4.37. The first-order valence-electron chi connectivity index (χ1n) is 10.4. The number of halogens is 3. The van der Waals surface area contributed by atoms with Crippen LogP contribution in [0.1, 0.15) is 23.6 Å². The van der Waals surface area contributed by atoms with Gasteiger partial charge in [-0.25, -0.2) is 9.78 Å². The first-order valence-corrected chi connectivity index (χ1v) is 12.2. The number of aryl methyl sites for hydroxylation is 1. The molecular formula is C25H20F3NO3S2. The number of fused-ring (bicyclic) bond motifs is 1. The average molecular weight is 504 g/mol. The molecule has 4 nitrogen and oxygen atoms in total. The van der Waals surface area contributed by atoms with Gasteiger partial charge in [-0.15, -0.1) is 23.1 Å². The molecule has 0 radical (unpaired) electrons. The molecule has 34 heavy (non-hydrogen) atoms. The molecule has 0 atom stereocenters. The Bertz CT molecular complexity index is 1320. The number of carboxylic acids is 1. The number of aliphatic carboxylic acids is 1. The SMILES string of the molecule is CCc1cc(SCc2cccc3sc(-c4ccc(C(F)(F)F)cc4)nc23)ccc1OCC(=O)O. The molecule has 0 aliphatic heterocycles. The monoisotopic (exact) mass is 503 g/mol. The van der Waals surface area contributed by atoms with Gasteiger partial charge in [0.1, 0.15) is 10.8 Å². The second kappa shape index (κ2) is 10.1. The molecule has 0 amide bonds. The van der Waals surface area contributed by atoms with E-state index in [0.717, 1.165) is 38.4 Å². The summed E-state index contributed by atoms with van der Waals surface area (Å²) in [6.45, 7) is 1.60. The number of carbonyl (C=O) groups is 1. The topological polar surface area (TPSA) is 59.4 Å². The highest BCUT2D eigenvalue weighted by molar-refractivity contribution is 7.98. The number of nitrogens with zero attached hydrogens (tertiary/aromatic N) is 1. The van der Waals surface area contributed by atoms with E-state index in [1.54, 1.807) is 17.8 Å². The van der Waals surface area contributed by atoms with Crippen molar-refractivity contribution in [3.05, 3.63) is 77.4 Å². The normalized spacial score (nSPS) is 11.6. The number of carboxylic acid groups (broad SMARTS) is 1. The van der Waals surface area contributed by atoms with Gasteiger partial charge < -0.3 is 9.84 Å². The third kappa shape index (κ3) is 5.53. The van der Waals surface area contributed by atoms with Crippen LogP contribution in [0.25, 0.3) is 20.8 Å². The van der Waals surface area contributed by atoms with Crippen LogP contribution in [-0.4, -0.2) is 22.7 Å². The van der Waals surface area contributed by atoms with E-state index in [0.29, 0.717) is 28.5 Å². The Morgan fingerprint density at radius 2 is 1.85 bits per heavy atom. The van der Waals surface area contributed by atoms with E-state index < -0.39 is 17.7 Å². The molecule has 4 rings (SSSR count). The van der Waals surface area contributed by atoms with E-state index in [2.05, 4.69) is 0 Å². The lowest BCUT2D eigenvalue weighted by atomic mass is 10.1. The maximum atomic E-state index is 12.9. The Labute approximate surface area is 202 Å². The van der Waals surface area contributed by atoms with Crippen molar-refractivity contribution < 1.29 is 27.8 Å². The van der Waals surface area contributed by atoms with Crippen molar-refractivity contribution in [2.75, 3.05) is 6.61 Å². The van der Waals surface area contributed by atoms with Crippen molar-refractivity contribution in [1.29, 1.82) is 0 Å². The van der Waals surface area contributed by atoms with Gasteiger partial charge in [0, 0.05) is 16.2 Å². The Morgan fingerprint density at radius 3 is 2.53 bits per heavy atom. The summed E-state index contributed by atoms with van der Waals surface area (Å²) in [7, 11) is 0. The van der Waals surface area contributed by atoms with Crippen LogP contribution in [0.4, 0.5) is 13.2 Å². The number of hydrogen-bond acceptors (Lipinski definition) is 5. The van der Waals surface area contributed by atoms with Gasteiger partial charge in [0.25, 0.3) is 0 Å². The van der Waals surface area contributed by atoms with Gasteiger partial charge >= 0.3 is 12.1 Å². The zero-order valence-corrected chi connectivity index (χ0v) is 19.7. The van der Waals surface area contributed by atoms with Gasteiger partial charge in [-0.2, -0.15) is 13.2 Å². The number of benzene rings is 3. The Morgan fingerprint density at radius 1 is 1.09 bits per heavy atom. The van der Waals surface area contributed by atoms with Crippen molar-refractivity contribution in [2.24, 2.45) is 0 Å². The molecule has 1 N–H and O–H groups in total. The van der Waals surface area contributed by atoms with Crippen LogP contribution in [0, 0.1) is 0 Å². The van der Waals surface area contributed by atoms with Crippen LogP contribution in [0.5, 0.6) is 5.75 Å². The number of rotatable bonds is 8. The first-order chi connectivity index (χ1) is 16.2. The van der Waals surface area contributed by atoms with E-state index in [9.17, 15) is 18.0 Å². The van der Waals surface area contributed by atoms with Crippen LogP contribution < -0.4 is 4.74 Å². The number of aromatic nitrogens is 1. The van der Waals surface area contributed by atoms with Crippen molar-refractivity contribution in [1.82, 2.24) is 4.98 Å². The van der Waals surface area contributed by atoms with Gasteiger partial charge in [0.15, 0.2) is 6.61 Å². The van der Waals surface area contributed by atoms with Gasteiger partial charge in [-0.1, -0.05) is 31.2 Å². The standard InChI is InChI=1S/C25H20F3NO3S2/c1-2-15-12-19(10-11-20(15)32-13-22(30)31)33-14-17-4-3-5-21-23(17)29-24(34-21)16-6-8-18(9-7-16)25(26,27)28/h3-12H,2,13-14H2,1H3,(H,30,31). The van der Waals surface area contributed by atoms with E-state index in [4.69, 9.17) is 14.8 Å². The summed E-state index contributed by atoms with van der Waals surface area (Å²) in [6.07, 6.45) is -3.66. The number of para-hydroxylation sites is 1. The highest BCUT2D eigenvalue weighted by atomic mass is 32.2. The van der Waals surface area contributed by atoms with Crippen molar-refractivity contribution in [3.63, 3.8) is 0 Å². The fourth-order valence-corrected chi connectivity index (χ4v) is 5.37. The van der Waals surface area contributed by atoms with E-state index >= 15 is 0 Å². The van der Waals surface area contributed by atoms with Crippen molar-refractivity contribution in [2.45, 2.75) is 30.2 Å². The first kappa shape index (κ1) is 24.1. The summed E-state index contributed by atoms with van der Waals surface area (Å²) in [4.78, 5) is 16.5. The minimum Gasteiger partial charge on any atom is -0.482 e. The number of thioether (sulfide) groups is 1. The lowest BCUT2D eigenvalue weighted by Gasteiger charge is -2.11. The smallest absolute Gasteiger partial charge is 0.416 e. The van der Waals surface area contributed by atoms with Gasteiger partial charge in [-0.05, 0) is 53.9 Å². The van der Waals surface area contributed by atoms with Gasteiger partial charge in [-0.3, -0.25) is 0 Å². The van der Waals surface area contributed by atoms with Crippen molar-refractivity contribution in [3.8, 4) is 16.3 Å². The third-order valence-corrected chi connectivity index (χ3v) is 7.23. The van der Waals surface area contributed by atoms with Crippen LogP contribution in [0.2, 0.25) is 0 Å². The largest absolute Gasteiger partial charge is 0.482 e.